The number of anilines is 1. The van der Waals surface area contributed by atoms with E-state index < -0.39 is 11.5 Å². The van der Waals surface area contributed by atoms with E-state index in [0.29, 0.717) is 18.7 Å². The van der Waals surface area contributed by atoms with Crippen molar-refractivity contribution in [2.24, 2.45) is 0 Å². The third-order valence-corrected chi connectivity index (χ3v) is 4.42. The molecule has 1 saturated heterocycles. The summed E-state index contributed by atoms with van der Waals surface area (Å²) in [7, 11) is 0. The van der Waals surface area contributed by atoms with Crippen LogP contribution in [0.15, 0.2) is 35.1 Å². The summed E-state index contributed by atoms with van der Waals surface area (Å²) in [5.74, 6) is -1.22. The molecule has 1 aromatic carbocycles. The zero-order chi connectivity index (χ0) is 17.3. The van der Waals surface area contributed by atoms with Crippen LogP contribution in [0.2, 0.25) is 0 Å². The van der Waals surface area contributed by atoms with Gasteiger partial charge in [-0.2, -0.15) is 0 Å². The molecule has 1 aromatic heterocycles. The summed E-state index contributed by atoms with van der Waals surface area (Å²) in [4.78, 5) is 27.9. The first kappa shape index (κ1) is 16.3. The number of pyridine rings is 1. The van der Waals surface area contributed by atoms with E-state index in [2.05, 4.69) is 9.88 Å². The normalized spacial score (nSPS) is 17.2. The zero-order valence-corrected chi connectivity index (χ0v) is 13.5. The predicted molar refractivity (Wildman–Crippen MR) is 91.7 cm³/mol. The van der Waals surface area contributed by atoms with Crippen molar-refractivity contribution in [1.82, 2.24) is 4.98 Å². The second kappa shape index (κ2) is 6.49. The molecule has 0 amide bonds. The lowest BCUT2D eigenvalue weighted by atomic mass is 10.0. The smallest absolute Gasteiger partial charge is 0.341 e. The Morgan fingerprint density at radius 2 is 2.04 bits per heavy atom. The van der Waals surface area contributed by atoms with Crippen molar-refractivity contribution in [3.63, 3.8) is 0 Å². The van der Waals surface area contributed by atoms with Gasteiger partial charge in [-0.15, -0.1) is 0 Å². The van der Waals surface area contributed by atoms with Gasteiger partial charge in [0.25, 0.3) is 5.56 Å². The number of carbonyl (C=O) groups is 1. The third-order valence-electron chi connectivity index (χ3n) is 4.42. The average molecular weight is 328 g/mol. The molecule has 1 atom stereocenters. The van der Waals surface area contributed by atoms with Crippen molar-refractivity contribution >= 4 is 11.7 Å². The summed E-state index contributed by atoms with van der Waals surface area (Å²) in [6.45, 7) is 3.37. The van der Waals surface area contributed by atoms with E-state index in [1.807, 2.05) is 31.2 Å². The number of hydrogen-bond donors (Lipinski definition) is 3. The van der Waals surface area contributed by atoms with Gasteiger partial charge in [0, 0.05) is 18.8 Å². The highest BCUT2D eigenvalue weighted by atomic mass is 16.4. The topological polar surface area (TPSA) is 93.6 Å². The van der Waals surface area contributed by atoms with Crippen molar-refractivity contribution in [3.05, 3.63) is 51.8 Å². The van der Waals surface area contributed by atoms with Gasteiger partial charge < -0.3 is 20.1 Å². The highest BCUT2D eigenvalue weighted by Crippen LogP contribution is 2.26. The number of nitrogens with one attached hydrogen (secondary N) is 1. The molecule has 2 aromatic rings. The van der Waals surface area contributed by atoms with Crippen LogP contribution in [-0.4, -0.2) is 40.4 Å². The fraction of sp³-hybridized carbons (Fsp3) is 0.333. The number of hydrogen-bond acceptors (Lipinski definition) is 4. The van der Waals surface area contributed by atoms with E-state index in [1.54, 1.807) is 0 Å². The van der Waals surface area contributed by atoms with Crippen LogP contribution in [0, 0.1) is 0 Å². The molecule has 0 spiro atoms. The van der Waals surface area contributed by atoms with Gasteiger partial charge in [-0.25, -0.2) is 4.79 Å². The molecule has 0 aliphatic carbocycles. The second-order valence-electron chi connectivity index (χ2n) is 6.01. The van der Waals surface area contributed by atoms with E-state index >= 15 is 0 Å². The van der Waals surface area contributed by atoms with Crippen LogP contribution in [0.3, 0.4) is 0 Å². The Bertz CT molecular complexity index is 811. The predicted octanol–water partition coefficient (Wildman–Crippen LogP) is 1.87. The highest BCUT2D eigenvalue weighted by Gasteiger charge is 2.20. The Hall–Kier alpha value is -2.60. The number of aliphatic hydroxyl groups excluding tert-OH is 1. The summed E-state index contributed by atoms with van der Waals surface area (Å²) in [5, 5.41) is 18.7. The molecule has 6 nitrogen and oxygen atoms in total. The minimum atomic E-state index is -1.22. The lowest BCUT2D eigenvalue weighted by Gasteiger charge is -2.18. The lowest BCUT2D eigenvalue weighted by molar-refractivity contribution is 0.0695. The van der Waals surface area contributed by atoms with Gasteiger partial charge >= 0.3 is 5.97 Å². The van der Waals surface area contributed by atoms with Gasteiger partial charge in [0.15, 0.2) is 0 Å². The van der Waals surface area contributed by atoms with Crippen LogP contribution in [0.25, 0.3) is 11.3 Å². The second-order valence-corrected chi connectivity index (χ2v) is 6.01. The Labute approximate surface area is 139 Å². The molecule has 1 unspecified atom stereocenters. The molecular weight excluding hydrogens is 308 g/mol. The first-order valence-corrected chi connectivity index (χ1v) is 8.02. The maximum absolute atomic E-state index is 12.0. The molecule has 6 heteroatoms. The standard InChI is InChI=1S/C18H20N2O4/c1-2-11-9-15(18(23)24)17(22)19-16(11)12-3-5-13(6-4-12)20-8-7-14(21)10-20/h3-6,9,14,21H,2,7-8,10H2,1H3,(H,19,22)(H,23,24). The van der Waals surface area contributed by atoms with Crippen LogP contribution < -0.4 is 10.5 Å². The number of aryl methyl sites for hydroxylation is 1. The number of β-amino-alcohol motifs (C(OH)–C–C–N with tert-alkyl or cyclic N) is 1. The Morgan fingerprint density at radius 1 is 1.33 bits per heavy atom. The van der Waals surface area contributed by atoms with Gasteiger partial charge in [-0.1, -0.05) is 19.1 Å². The van der Waals surface area contributed by atoms with E-state index in [-0.39, 0.29) is 11.7 Å². The Balaban J connectivity index is 1.95. The largest absolute Gasteiger partial charge is 0.477 e. The van der Waals surface area contributed by atoms with Crippen LogP contribution in [-0.2, 0) is 6.42 Å². The molecule has 1 aliphatic rings. The summed E-state index contributed by atoms with van der Waals surface area (Å²) >= 11 is 0. The number of aromatic carboxylic acids is 1. The van der Waals surface area contributed by atoms with E-state index in [4.69, 9.17) is 5.11 Å². The molecule has 1 fully saturated rings. The summed E-state index contributed by atoms with van der Waals surface area (Å²) < 4.78 is 0. The van der Waals surface area contributed by atoms with E-state index in [0.717, 1.165) is 29.8 Å². The molecule has 3 N–H and O–H groups in total. The van der Waals surface area contributed by atoms with Crippen LogP contribution in [0.1, 0.15) is 29.3 Å². The summed E-state index contributed by atoms with van der Waals surface area (Å²) in [6.07, 6.45) is 1.11. The first-order valence-electron chi connectivity index (χ1n) is 8.02. The molecule has 2 heterocycles. The number of aliphatic hydroxyl groups is 1. The SMILES string of the molecule is CCc1cc(C(=O)O)c(=O)[nH]c1-c1ccc(N2CCC(O)C2)cc1. The van der Waals surface area contributed by atoms with E-state index in [1.165, 1.54) is 6.07 Å². The van der Waals surface area contributed by atoms with Crippen molar-refractivity contribution in [2.45, 2.75) is 25.9 Å². The number of benzene rings is 1. The Morgan fingerprint density at radius 3 is 2.58 bits per heavy atom. The Kier molecular flexibility index (Phi) is 4.40. The van der Waals surface area contributed by atoms with Crippen LogP contribution >= 0.6 is 0 Å². The number of carboxylic acid groups (broad SMARTS) is 1. The number of H-pyrrole nitrogens is 1. The molecule has 0 radical (unpaired) electrons. The number of carboxylic acids is 1. The van der Waals surface area contributed by atoms with Crippen molar-refractivity contribution in [1.29, 1.82) is 0 Å². The molecular formula is C18H20N2O4. The van der Waals surface area contributed by atoms with Gasteiger partial charge in [-0.05, 0) is 42.2 Å². The zero-order valence-electron chi connectivity index (χ0n) is 13.5. The molecule has 1 aliphatic heterocycles. The van der Waals surface area contributed by atoms with Gasteiger partial charge in [0.05, 0.1) is 11.8 Å². The first-order chi connectivity index (χ1) is 11.5. The molecule has 0 saturated carbocycles. The minimum absolute atomic E-state index is 0.238. The number of aromatic amines is 1. The minimum Gasteiger partial charge on any atom is -0.477 e. The van der Waals surface area contributed by atoms with Crippen LogP contribution in [0.4, 0.5) is 5.69 Å². The van der Waals surface area contributed by atoms with E-state index in [9.17, 15) is 14.7 Å². The van der Waals surface area contributed by atoms with Gasteiger partial charge in [-0.3, -0.25) is 4.79 Å². The quantitative estimate of drug-likeness (QED) is 0.797. The number of nitrogens with zero attached hydrogens (tertiary/aromatic N) is 1. The third kappa shape index (κ3) is 3.05. The highest BCUT2D eigenvalue weighted by molar-refractivity contribution is 5.88. The molecule has 0 bridgehead atoms. The maximum Gasteiger partial charge on any atom is 0.341 e. The summed E-state index contributed by atoms with van der Waals surface area (Å²) in [6, 6.07) is 9.17. The van der Waals surface area contributed by atoms with Crippen molar-refractivity contribution < 1.29 is 15.0 Å². The monoisotopic (exact) mass is 328 g/mol. The molecule has 126 valence electrons. The number of rotatable bonds is 4. The van der Waals surface area contributed by atoms with Gasteiger partial charge in [0.2, 0.25) is 0 Å². The molecule has 3 rings (SSSR count). The fourth-order valence-electron chi connectivity index (χ4n) is 3.08. The number of aromatic nitrogens is 1. The fourth-order valence-corrected chi connectivity index (χ4v) is 3.08. The lowest BCUT2D eigenvalue weighted by Crippen LogP contribution is -2.21. The van der Waals surface area contributed by atoms with Crippen molar-refractivity contribution in [3.8, 4) is 11.3 Å². The summed E-state index contributed by atoms with van der Waals surface area (Å²) in [5.41, 5.74) is 2.47. The molecule has 24 heavy (non-hydrogen) atoms. The average Bonchev–Trinajstić information content (AvgIpc) is 3.01. The van der Waals surface area contributed by atoms with Crippen molar-refractivity contribution in [2.75, 3.05) is 18.0 Å². The van der Waals surface area contributed by atoms with Gasteiger partial charge in [0.1, 0.15) is 5.56 Å². The maximum atomic E-state index is 12.0. The van der Waals surface area contributed by atoms with Crippen LogP contribution in [0.5, 0.6) is 0 Å².